The molecule has 31 heavy (non-hydrogen) atoms. The van der Waals surface area contributed by atoms with Gasteiger partial charge in [0.25, 0.3) is 0 Å². The predicted molar refractivity (Wildman–Crippen MR) is 123 cm³/mol. The van der Waals surface area contributed by atoms with Gasteiger partial charge >= 0.3 is 0 Å². The molecule has 0 saturated heterocycles. The zero-order valence-electron chi connectivity index (χ0n) is 17.3. The van der Waals surface area contributed by atoms with Gasteiger partial charge in [-0.05, 0) is 47.5 Å². The molecular weight excluding hydrogens is 410 g/mol. The topological polar surface area (TPSA) is 95.1 Å². The number of ether oxygens (including phenoxy) is 1. The van der Waals surface area contributed by atoms with E-state index < -0.39 is 0 Å². The van der Waals surface area contributed by atoms with Crippen molar-refractivity contribution >= 4 is 28.4 Å². The average Bonchev–Trinajstić information content (AvgIpc) is 3.17. The summed E-state index contributed by atoms with van der Waals surface area (Å²) >= 11 is 1.25. The second-order valence-corrected chi connectivity index (χ2v) is 7.99. The van der Waals surface area contributed by atoms with E-state index in [9.17, 15) is 4.79 Å². The van der Waals surface area contributed by atoms with E-state index >= 15 is 0 Å². The first-order chi connectivity index (χ1) is 15.1. The first-order valence-electron chi connectivity index (χ1n) is 9.81. The van der Waals surface area contributed by atoms with Crippen LogP contribution in [-0.4, -0.2) is 33.6 Å². The molecule has 3 aromatic carbocycles. The Kier molecular flexibility index (Phi) is 6.08. The van der Waals surface area contributed by atoms with Crippen LogP contribution < -0.4 is 15.9 Å². The number of carbonyl (C=O) groups excluding carboxylic acids is 1. The Labute approximate surface area is 184 Å². The van der Waals surface area contributed by atoms with E-state index in [-0.39, 0.29) is 17.7 Å². The molecule has 1 atom stereocenters. The zero-order chi connectivity index (χ0) is 21.8. The van der Waals surface area contributed by atoms with Crippen molar-refractivity contribution in [3.05, 3.63) is 72.3 Å². The second-order valence-electron chi connectivity index (χ2n) is 7.05. The van der Waals surface area contributed by atoms with Gasteiger partial charge in [-0.2, -0.15) is 0 Å². The number of carbonyl (C=O) groups is 1. The summed E-state index contributed by atoms with van der Waals surface area (Å²) in [5.74, 6) is 7.52. The molecule has 0 saturated carbocycles. The van der Waals surface area contributed by atoms with Crippen molar-refractivity contribution in [2.24, 2.45) is 0 Å². The molecule has 158 valence electrons. The third kappa shape index (κ3) is 4.49. The molecule has 1 unspecified atom stereocenters. The van der Waals surface area contributed by atoms with Crippen LogP contribution in [0.3, 0.4) is 0 Å². The molecule has 0 aliphatic heterocycles. The van der Waals surface area contributed by atoms with Gasteiger partial charge in [-0.25, -0.2) is 4.68 Å². The Bertz CT molecular complexity index is 1200. The fourth-order valence-corrected chi connectivity index (χ4v) is 4.10. The summed E-state index contributed by atoms with van der Waals surface area (Å²) in [6.45, 7) is 1.98. The van der Waals surface area contributed by atoms with Gasteiger partial charge in [-0.1, -0.05) is 54.2 Å². The normalized spacial score (nSPS) is 11.9. The van der Waals surface area contributed by atoms with Crippen LogP contribution in [0.25, 0.3) is 22.2 Å². The third-order valence-corrected chi connectivity index (χ3v) is 5.96. The minimum atomic E-state index is -0.121. The van der Waals surface area contributed by atoms with E-state index in [2.05, 4.69) is 33.7 Å². The van der Waals surface area contributed by atoms with Gasteiger partial charge in [-0.3, -0.25) is 4.79 Å². The number of thioether (sulfide) groups is 1. The quantitative estimate of drug-likeness (QED) is 0.340. The number of nitrogens with two attached hydrogens (primary N) is 1. The molecule has 0 aliphatic rings. The highest BCUT2D eigenvalue weighted by atomic mass is 32.2. The largest absolute Gasteiger partial charge is 0.497 e. The van der Waals surface area contributed by atoms with E-state index in [4.69, 9.17) is 10.6 Å². The number of rotatable bonds is 7. The van der Waals surface area contributed by atoms with Crippen molar-refractivity contribution in [1.29, 1.82) is 0 Å². The summed E-state index contributed by atoms with van der Waals surface area (Å²) in [5.41, 5.74) is 1.90. The number of nitrogens with one attached hydrogen (secondary N) is 1. The van der Waals surface area contributed by atoms with Crippen molar-refractivity contribution in [1.82, 2.24) is 20.2 Å². The lowest BCUT2D eigenvalue weighted by molar-refractivity contribution is -0.119. The van der Waals surface area contributed by atoms with Crippen molar-refractivity contribution in [3.8, 4) is 17.1 Å². The van der Waals surface area contributed by atoms with Crippen LogP contribution >= 0.6 is 11.8 Å². The number of benzene rings is 3. The highest BCUT2D eigenvalue weighted by Crippen LogP contribution is 2.25. The number of aromatic nitrogens is 3. The van der Waals surface area contributed by atoms with Gasteiger partial charge in [0, 0.05) is 5.56 Å². The first kappa shape index (κ1) is 20.7. The number of hydrogen-bond donors (Lipinski definition) is 2. The van der Waals surface area contributed by atoms with E-state index in [1.165, 1.54) is 16.4 Å². The summed E-state index contributed by atoms with van der Waals surface area (Å²) in [4.78, 5) is 12.6. The zero-order valence-corrected chi connectivity index (χ0v) is 18.1. The van der Waals surface area contributed by atoms with Crippen LogP contribution in [0.2, 0.25) is 0 Å². The van der Waals surface area contributed by atoms with Crippen LogP contribution in [-0.2, 0) is 4.79 Å². The highest BCUT2D eigenvalue weighted by molar-refractivity contribution is 7.99. The monoisotopic (exact) mass is 433 g/mol. The number of methoxy groups -OCH3 is 1. The molecule has 4 rings (SSSR count). The fourth-order valence-electron chi connectivity index (χ4n) is 3.43. The standard InChI is InChI=1S/C23H23N5O2S/c1-15(19-9-5-7-16-6-3-4-8-20(16)19)25-21(29)14-31-23-27-26-22(28(23)24)17-10-12-18(30-2)13-11-17/h3-13,15H,14,24H2,1-2H3,(H,25,29). The summed E-state index contributed by atoms with van der Waals surface area (Å²) in [6, 6.07) is 21.5. The Morgan fingerprint density at radius 3 is 2.61 bits per heavy atom. The molecule has 0 fully saturated rings. The van der Waals surface area contributed by atoms with Gasteiger partial charge < -0.3 is 15.9 Å². The molecule has 0 radical (unpaired) electrons. The molecular formula is C23H23N5O2S. The number of amides is 1. The van der Waals surface area contributed by atoms with Gasteiger partial charge in [-0.15, -0.1) is 10.2 Å². The number of fused-ring (bicyclic) bond motifs is 1. The lowest BCUT2D eigenvalue weighted by atomic mass is 10.00. The van der Waals surface area contributed by atoms with Crippen LogP contribution in [0.4, 0.5) is 0 Å². The number of nitrogens with zero attached hydrogens (tertiary/aromatic N) is 3. The summed E-state index contributed by atoms with van der Waals surface area (Å²) in [6.07, 6.45) is 0. The minimum absolute atomic E-state index is 0.0977. The molecule has 4 aromatic rings. The van der Waals surface area contributed by atoms with Crippen molar-refractivity contribution in [3.63, 3.8) is 0 Å². The lowest BCUT2D eigenvalue weighted by Gasteiger charge is -2.16. The Morgan fingerprint density at radius 1 is 1.10 bits per heavy atom. The van der Waals surface area contributed by atoms with Crippen LogP contribution in [0.5, 0.6) is 5.75 Å². The molecule has 1 amide bonds. The summed E-state index contributed by atoms with van der Waals surface area (Å²) in [5, 5.41) is 14.1. The smallest absolute Gasteiger partial charge is 0.230 e. The predicted octanol–water partition coefficient (Wildman–Crippen LogP) is 3.79. The summed E-state index contributed by atoms with van der Waals surface area (Å²) < 4.78 is 6.57. The number of nitrogen functional groups attached to an aromatic ring is 1. The molecule has 1 aromatic heterocycles. The van der Waals surface area contributed by atoms with Gasteiger partial charge in [0.1, 0.15) is 5.75 Å². The highest BCUT2D eigenvalue weighted by Gasteiger charge is 2.16. The maximum Gasteiger partial charge on any atom is 0.230 e. The molecule has 0 spiro atoms. The molecule has 7 nitrogen and oxygen atoms in total. The van der Waals surface area contributed by atoms with Crippen molar-refractivity contribution < 1.29 is 9.53 Å². The fraction of sp³-hybridized carbons (Fsp3) is 0.174. The Balaban J connectivity index is 1.40. The summed E-state index contributed by atoms with van der Waals surface area (Å²) in [7, 11) is 1.61. The first-order valence-corrected chi connectivity index (χ1v) is 10.8. The van der Waals surface area contributed by atoms with Crippen molar-refractivity contribution in [2.75, 3.05) is 18.7 Å². The molecule has 0 aliphatic carbocycles. The maximum absolute atomic E-state index is 12.6. The lowest BCUT2D eigenvalue weighted by Crippen LogP contribution is -2.28. The maximum atomic E-state index is 12.6. The third-order valence-electron chi connectivity index (χ3n) is 5.01. The Hall–Kier alpha value is -3.52. The minimum Gasteiger partial charge on any atom is -0.497 e. The van der Waals surface area contributed by atoms with E-state index in [0.29, 0.717) is 11.0 Å². The Morgan fingerprint density at radius 2 is 1.84 bits per heavy atom. The van der Waals surface area contributed by atoms with Crippen LogP contribution in [0.1, 0.15) is 18.5 Å². The SMILES string of the molecule is COc1ccc(-c2nnc(SCC(=O)NC(C)c3cccc4ccccc34)n2N)cc1. The molecule has 3 N–H and O–H groups in total. The van der Waals surface area contributed by atoms with E-state index in [1.54, 1.807) is 7.11 Å². The van der Waals surface area contributed by atoms with E-state index in [1.807, 2.05) is 55.5 Å². The van der Waals surface area contributed by atoms with Crippen molar-refractivity contribution in [2.45, 2.75) is 18.1 Å². The number of hydrogen-bond acceptors (Lipinski definition) is 6. The molecule has 8 heteroatoms. The van der Waals surface area contributed by atoms with Gasteiger partial charge in [0.05, 0.1) is 18.9 Å². The second kappa shape index (κ2) is 9.09. The molecule has 0 bridgehead atoms. The molecule has 1 heterocycles. The van der Waals surface area contributed by atoms with Crippen LogP contribution in [0, 0.1) is 0 Å². The average molecular weight is 434 g/mol. The van der Waals surface area contributed by atoms with E-state index in [0.717, 1.165) is 27.6 Å². The van der Waals surface area contributed by atoms with Gasteiger partial charge in [0.2, 0.25) is 11.1 Å². The van der Waals surface area contributed by atoms with Gasteiger partial charge in [0.15, 0.2) is 5.82 Å². The van der Waals surface area contributed by atoms with Crippen LogP contribution in [0.15, 0.2) is 71.9 Å².